The van der Waals surface area contributed by atoms with Gasteiger partial charge < -0.3 is 9.67 Å². The quantitative estimate of drug-likeness (QED) is 0.394. The molecule has 164 valence electrons. The number of aromatic nitrogens is 1. The first-order chi connectivity index (χ1) is 15.3. The highest BCUT2D eigenvalue weighted by molar-refractivity contribution is 5.87. The molecule has 4 aromatic rings. The molecule has 0 fully saturated rings. The number of para-hydroxylation sites is 1. The van der Waals surface area contributed by atoms with Crippen LogP contribution in [-0.2, 0) is 23.9 Å². The molecule has 0 radical (unpaired) electrons. The molecule has 0 amide bonds. The number of rotatable bonds is 7. The van der Waals surface area contributed by atoms with Crippen LogP contribution in [0.15, 0.2) is 85.1 Å². The van der Waals surface area contributed by atoms with Crippen molar-refractivity contribution >= 4 is 16.9 Å². The van der Waals surface area contributed by atoms with E-state index in [1.54, 1.807) is 0 Å². The van der Waals surface area contributed by atoms with Crippen molar-refractivity contribution in [2.45, 2.75) is 25.3 Å². The summed E-state index contributed by atoms with van der Waals surface area (Å²) in [4.78, 5) is 11.4. The van der Waals surface area contributed by atoms with E-state index in [1.165, 1.54) is 12.1 Å². The van der Waals surface area contributed by atoms with Crippen molar-refractivity contribution in [3.8, 4) is 0 Å². The number of benzene rings is 3. The van der Waals surface area contributed by atoms with Crippen LogP contribution in [0.25, 0.3) is 10.9 Å². The minimum atomic E-state index is -4.37. The van der Waals surface area contributed by atoms with E-state index in [4.69, 9.17) is 0 Å². The molecule has 7 heteroatoms. The number of carboxylic acid groups (broad SMARTS) is 1. The maximum atomic E-state index is 12.9. The maximum absolute atomic E-state index is 12.9. The van der Waals surface area contributed by atoms with Crippen LogP contribution in [0.4, 0.5) is 13.2 Å². The van der Waals surface area contributed by atoms with Crippen LogP contribution in [0.5, 0.6) is 0 Å². The third kappa shape index (κ3) is 4.68. The van der Waals surface area contributed by atoms with Crippen LogP contribution in [0.3, 0.4) is 0 Å². The topological polar surface area (TPSA) is 54.3 Å². The smallest absolute Gasteiger partial charge is 0.416 e. The molecule has 4 nitrogen and oxygen atoms in total. The van der Waals surface area contributed by atoms with Crippen LogP contribution in [-0.4, -0.2) is 15.6 Å². The summed E-state index contributed by atoms with van der Waals surface area (Å²) in [5.74, 6) is -0.915. The van der Waals surface area contributed by atoms with Gasteiger partial charge in [0, 0.05) is 23.6 Å². The van der Waals surface area contributed by atoms with E-state index in [0.717, 1.165) is 28.6 Å². The highest BCUT2D eigenvalue weighted by Crippen LogP contribution is 2.30. The molecule has 4 rings (SSSR count). The number of nitrogens with zero attached hydrogens (tertiary/aromatic N) is 1. The molecule has 0 bridgehead atoms. The van der Waals surface area contributed by atoms with Crippen molar-refractivity contribution in [2.24, 2.45) is 0 Å². The summed E-state index contributed by atoms with van der Waals surface area (Å²) < 4.78 is 40.5. The lowest BCUT2D eigenvalue weighted by Gasteiger charge is -2.23. The van der Waals surface area contributed by atoms with Gasteiger partial charge in [0.05, 0.1) is 12.0 Å². The van der Waals surface area contributed by atoms with Gasteiger partial charge in [-0.15, -0.1) is 0 Å². The second-order valence-corrected chi connectivity index (χ2v) is 7.54. The van der Waals surface area contributed by atoms with Gasteiger partial charge in [-0.25, -0.2) is 0 Å². The minimum absolute atomic E-state index is 0.103. The lowest BCUT2D eigenvalue weighted by atomic mass is 10.1. The second kappa shape index (κ2) is 8.88. The normalized spacial score (nSPS) is 12.7. The number of hydrogen-bond donors (Lipinski definition) is 2. The van der Waals surface area contributed by atoms with Crippen LogP contribution in [0.2, 0.25) is 0 Å². The Bertz CT molecular complexity index is 1220. The summed E-state index contributed by atoms with van der Waals surface area (Å²) in [5.41, 5.74) is 2.54. The predicted octanol–water partition coefficient (Wildman–Crippen LogP) is 5.62. The van der Waals surface area contributed by atoms with Crippen LogP contribution in [0.1, 0.15) is 28.4 Å². The Morgan fingerprint density at radius 1 is 0.938 bits per heavy atom. The standard InChI is InChI=1S/C25H21F3N2O2/c26-25(27,28)20-12-10-17(11-13-20)15-29-24(18-6-2-1-3-7-18)30-16-19(14-23(31)32)21-8-4-5-9-22(21)30/h1-13,16,24,29H,14-15H2,(H,31,32). The van der Waals surface area contributed by atoms with Gasteiger partial charge in [-0.2, -0.15) is 13.2 Å². The molecule has 0 saturated heterocycles. The fourth-order valence-corrected chi connectivity index (χ4v) is 3.83. The number of alkyl halides is 3. The van der Waals surface area contributed by atoms with Crippen LogP contribution in [0, 0.1) is 0 Å². The molecule has 1 unspecified atom stereocenters. The average Bonchev–Trinajstić information content (AvgIpc) is 3.12. The number of nitrogens with one attached hydrogen (secondary N) is 1. The largest absolute Gasteiger partial charge is 0.481 e. The highest BCUT2D eigenvalue weighted by Gasteiger charge is 2.30. The van der Waals surface area contributed by atoms with Gasteiger partial charge in [-0.1, -0.05) is 60.7 Å². The summed E-state index contributed by atoms with van der Waals surface area (Å²) in [6, 6.07) is 22.3. The van der Waals surface area contributed by atoms with Crippen molar-refractivity contribution in [3.05, 3.63) is 107 Å². The Morgan fingerprint density at radius 2 is 1.59 bits per heavy atom. The summed E-state index contributed by atoms with van der Waals surface area (Å²) in [6.07, 6.45) is -2.99. The molecule has 3 aromatic carbocycles. The van der Waals surface area contributed by atoms with E-state index in [-0.39, 0.29) is 12.6 Å². The number of fused-ring (bicyclic) bond motifs is 1. The Morgan fingerprint density at radius 3 is 2.25 bits per heavy atom. The van der Waals surface area contributed by atoms with E-state index >= 15 is 0 Å². The van der Waals surface area contributed by atoms with Crippen LogP contribution >= 0.6 is 0 Å². The number of hydrogen-bond acceptors (Lipinski definition) is 2. The molecule has 0 aliphatic rings. The molecule has 0 spiro atoms. The second-order valence-electron chi connectivity index (χ2n) is 7.54. The van der Waals surface area contributed by atoms with Gasteiger partial charge in [-0.3, -0.25) is 10.1 Å². The van der Waals surface area contributed by atoms with Crippen molar-refractivity contribution in [1.29, 1.82) is 0 Å². The Balaban J connectivity index is 1.69. The minimum Gasteiger partial charge on any atom is -0.481 e. The van der Waals surface area contributed by atoms with Gasteiger partial charge in [-0.05, 0) is 34.9 Å². The highest BCUT2D eigenvalue weighted by atomic mass is 19.4. The zero-order chi connectivity index (χ0) is 22.7. The molecule has 0 saturated carbocycles. The first kappa shape index (κ1) is 21.6. The molecule has 1 aromatic heterocycles. The third-order valence-corrected chi connectivity index (χ3v) is 5.34. The van der Waals surface area contributed by atoms with E-state index < -0.39 is 17.7 Å². The molecule has 1 atom stereocenters. The van der Waals surface area contributed by atoms with E-state index in [1.807, 2.05) is 65.4 Å². The predicted molar refractivity (Wildman–Crippen MR) is 116 cm³/mol. The van der Waals surface area contributed by atoms with Crippen molar-refractivity contribution < 1.29 is 23.1 Å². The molecule has 0 aliphatic carbocycles. The molecule has 0 aliphatic heterocycles. The monoisotopic (exact) mass is 438 g/mol. The molecule has 1 heterocycles. The van der Waals surface area contributed by atoms with Crippen molar-refractivity contribution in [1.82, 2.24) is 9.88 Å². The van der Waals surface area contributed by atoms with Crippen molar-refractivity contribution in [3.63, 3.8) is 0 Å². The molecule has 32 heavy (non-hydrogen) atoms. The van der Waals surface area contributed by atoms with Gasteiger partial charge in [0.2, 0.25) is 0 Å². The van der Waals surface area contributed by atoms with Crippen molar-refractivity contribution in [2.75, 3.05) is 0 Å². The zero-order valence-electron chi connectivity index (χ0n) is 17.0. The van der Waals surface area contributed by atoms with Gasteiger partial charge >= 0.3 is 12.1 Å². The van der Waals surface area contributed by atoms with E-state index in [9.17, 15) is 23.1 Å². The number of carbonyl (C=O) groups is 1. The summed E-state index contributed by atoms with van der Waals surface area (Å²) in [5, 5.41) is 13.6. The van der Waals surface area contributed by atoms with Gasteiger partial charge in [0.25, 0.3) is 0 Å². The average molecular weight is 438 g/mol. The summed E-state index contributed by atoms with van der Waals surface area (Å²) in [7, 11) is 0. The Hall–Kier alpha value is -3.58. The Labute approximate surface area is 182 Å². The number of halogens is 3. The van der Waals surface area contributed by atoms with E-state index in [2.05, 4.69) is 5.32 Å². The lowest BCUT2D eigenvalue weighted by Crippen LogP contribution is -2.27. The van der Waals surface area contributed by atoms with Gasteiger partial charge in [0.15, 0.2) is 0 Å². The zero-order valence-corrected chi connectivity index (χ0v) is 17.0. The first-order valence-electron chi connectivity index (χ1n) is 10.1. The number of aliphatic carboxylic acids is 1. The number of carboxylic acids is 1. The third-order valence-electron chi connectivity index (χ3n) is 5.34. The molecular weight excluding hydrogens is 417 g/mol. The summed E-state index contributed by atoms with van der Waals surface area (Å²) in [6.45, 7) is 0.332. The molecule has 2 N–H and O–H groups in total. The van der Waals surface area contributed by atoms with E-state index in [0.29, 0.717) is 17.7 Å². The van der Waals surface area contributed by atoms with Gasteiger partial charge in [0.1, 0.15) is 6.17 Å². The lowest BCUT2D eigenvalue weighted by molar-refractivity contribution is -0.138. The maximum Gasteiger partial charge on any atom is 0.416 e. The fraction of sp³-hybridized carbons (Fsp3) is 0.160. The molecular formula is C25H21F3N2O2. The Kier molecular flexibility index (Phi) is 6.01. The SMILES string of the molecule is O=C(O)Cc1cn(C(NCc2ccc(C(F)(F)F)cc2)c2ccccc2)c2ccccc12. The fourth-order valence-electron chi connectivity index (χ4n) is 3.83. The van der Waals surface area contributed by atoms with Crippen LogP contribution < -0.4 is 5.32 Å². The summed E-state index contributed by atoms with van der Waals surface area (Å²) >= 11 is 0. The first-order valence-corrected chi connectivity index (χ1v) is 10.1.